The normalized spacial score (nSPS) is 20.6. The average molecular weight is 327 g/mol. The summed E-state index contributed by atoms with van der Waals surface area (Å²) in [4.78, 5) is 17.4. The SMILES string of the molecule is Cc1ccc(C2(COc3cccnc3)CNCCN2C(=O)O)cc1. The van der Waals surface area contributed by atoms with Gasteiger partial charge in [0.25, 0.3) is 0 Å². The molecule has 24 heavy (non-hydrogen) atoms. The highest BCUT2D eigenvalue weighted by Gasteiger charge is 2.44. The van der Waals surface area contributed by atoms with E-state index in [2.05, 4.69) is 10.3 Å². The number of hydrogen-bond acceptors (Lipinski definition) is 4. The molecule has 2 heterocycles. The van der Waals surface area contributed by atoms with Crippen LogP contribution in [-0.2, 0) is 5.54 Å². The molecular weight excluding hydrogens is 306 g/mol. The Morgan fingerprint density at radius 3 is 2.83 bits per heavy atom. The predicted octanol–water partition coefficient (Wildman–Crippen LogP) is 2.25. The molecule has 1 aliphatic heterocycles. The van der Waals surface area contributed by atoms with Crippen molar-refractivity contribution in [2.24, 2.45) is 0 Å². The zero-order valence-electron chi connectivity index (χ0n) is 13.6. The fraction of sp³-hybridized carbons (Fsp3) is 0.333. The zero-order valence-corrected chi connectivity index (χ0v) is 13.6. The van der Waals surface area contributed by atoms with E-state index < -0.39 is 11.6 Å². The number of pyridine rings is 1. The van der Waals surface area contributed by atoms with Gasteiger partial charge in [-0.05, 0) is 24.6 Å². The van der Waals surface area contributed by atoms with Gasteiger partial charge in [-0.25, -0.2) is 4.79 Å². The van der Waals surface area contributed by atoms with E-state index >= 15 is 0 Å². The summed E-state index contributed by atoms with van der Waals surface area (Å²) in [6, 6.07) is 11.6. The molecule has 0 spiro atoms. The van der Waals surface area contributed by atoms with E-state index in [0.29, 0.717) is 25.4 Å². The van der Waals surface area contributed by atoms with Crippen LogP contribution in [-0.4, -0.2) is 47.3 Å². The highest BCUT2D eigenvalue weighted by molar-refractivity contribution is 5.67. The number of carbonyl (C=O) groups is 1. The van der Waals surface area contributed by atoms with E-state index in [9.17, 15) is 9.90 Å². The van der Waals surface area contributed by atoms with Crippen molar-refractivity contribution in [2.45, 2.75) is 12.5 Å². The van der Waals surface area contributed by atoms with Crippen LogP contribution in [0.25, 0.3) is 0 Å². The van der Waals surface area contributed by atoms with Crippen LogP contribution in [0.15, 0.2) is 48.8 Å². The first-order valence-corrected chi connectivity index (χ1v) is 7.93. The third kappa shape index (κ3) is 3.19. The van der Waals surface area contributed by atoms with Crippen molar-refractivity contribution in [1.82, 2.24) is 15.2 Å². The smallest absolute Gasteiger partial charge is 0.408 e. The molecule has 6 nitrogen and oxygen atoms in total. The number of hydrogen-bond donors (Lipinski definition) is 2. The Balaban J connectivity index is 1.96. The molecule has 1 saturated heterocycles. The molecule has 3 rings (SSSR count). The second-order valence-electron chi connectivity index (χ2n) is 5.99. The van der Waals surface area contributed by atoms with E-state index in [1.807, 2.05) is 37.3 Å². The van der Waals surface area contributed by atoms with Crippen LogP contribution in [0.3, 0.4) is 0 Å². The molecule has 1 unspecified atom stereocenters. The molecule has 1 atom stereocenters. The summed E-state index contributed by atoms with van der Waals surface area (Å²) in [5.41, 5.74) is 1.28. The fourth-order valence-electron chi connectivity index (χ4n) is 3.04. The van der Waals surface area contributed by atoms with Crippen molar-refractivity contribution < 1.29 is 14.6 Å². The Bertz CT molecular complexity index is 690. The third-order valence-corrected chi connectivity index (χ3v) is 4.38. The average Bonchev–Trinajstić information content (AvgIpc) is 2.61. The van der Waals surface area contributed by atoms with Crippen LogP contribution >= 0.6 is 0 Å². The molecule has 1 aromatic heterocycles. The van der Waals surface area contributed by atoms with Gasteiger partial charge < -0.3 is 15.2 Å². The van der Waals surface area contributed by atoms with Gasteiger partial charge in [0, 0.05) is 25.8 Å². The van der Waals surface area contributed by atoms with E-state index in [-0.39, 0.29) is 6.61 Å². The van der Waals surface area contributed by atoms with Gasteiger partial charge >= 0.3 is 6.09 Å². The predicted molar refractivity (Wildman–Crippen MR) is 90.2 cm³/mol. The zero-order chi connectivity index (χ0) is 17.0. The van der Waals surface area contributed by atoms with Gasteiger partial charge in [-0.1, -0.05) is 29.8 Å². The van der Waals surface area contributed by atoms with E-state index in [1.165, 1.54) is 4.90 Å². The Hall–Kier alpha value is -2.60. The first-order chi connectivity index (χ1) is 11.6. The maximum absolute atomic E-state index is 11.9. The third-order valence-electron chi connectivity index (χ3n) is 4.38. The molecule has 2 aromatic rings. The number of aromatic nitrogens is 1. The summed E-state index contributed by atoms with van der Waals surface area (Å²) in [5.74, 6) is 0.625. The second-order valence-corrected chi connectivity index (χ2v) is 5.99. The highest BCUT2D eigenvalue weighted by Crippen LogP contribution is 2.31. The van der Waals surface area contributed by atoms with Crippen LogP contribution in [0.4, 0.5) is 4.79 Å². The molecule has 0 radical (unpaired) electrons. The molecule has 0 aliphatic carbocycles. The minimum atomic E-state index is -0.938. The summed E-state index contributed by atoms with van der Waals surface area (Å²) in [5, 5.41) is 13.0. The van der Waals surface area contributed by atoms with Gasteiger partial charge in [0.15, 0.2) is 0 Å². The topological polar surface area (TPSA) is 74.7 Å². The van der Waals surface area contributed by atoms with Gasteiger partial charge in [0.2, 0.25) is 0 Å². The minimum Gasteiger partial charge on any atom is -0.489 e. The summed E-state index contributed by atoms with van der Waals surface area (Å²) in [7, 11) is 0. The number of piperazine rings is 1. The molecule has 6 heteroatoms. The molecule has 0 bridgehead atoms. The van der Waals surface area contributed by atoms with Crippen LogP contribution in [0, 0.1) is 6.92 Å². The van der Waals surface area contributed by atoms with Crippen molar-refractivity contribution in [1.29, 1.82) is 0 Å². The van der Waals surface area contributed by atoms with Crippen molar-refractivity contribution in [3.8, 4) is 5.75 Å². The second kappa shape index (κ2) is 6.88. The number of ether oxygens (including phenoxy) is 1. The number of aryl methyl sites for hydroxylation is 1. The maximum atomic E-state index is 11.9. The largest absolute Gasteiger partial charge is 0.489 e. The summed E-state index contributed by atoms with van der Waals surface area (Å²) >= 11 is 0. The van der Waals surface area contributed by atoms with Crippen molar-refractivity contribution in [3.05, 3.63) is 59.9 Å². The lowest BCUT2D eigenvalue weighted by atomic mass is 9.86. The lowest BCUT2D eigenvalue weighted by Crippen LogP contribution is -2.63. The van der Waals surface area contributed by atoms with E-state index in [0.717, 1.165) is 11.1 Å². The van der Waals surface area contributed by atoms with Crippen molar-refractivity contribution >= 4 is 6.09 Å². The first-order valence-electron chi connectivity index (χ1n) is 7.93. The molecule has 0 saturated carbocycles. The van der Waals surface area contributed by atoms with Gasteiger partial charge in [-0.3, -0.25) is 9.88 Å². The van der Waals surface area contributed by atoms with Gasteiger partial charge in [0.05, 0.1) is 6.20 Å². The van der Waals surface area contributed by atoms with E-state index in [4.69, 9.17) is 4.74 Å². The highest BCUT2D eigenvalue weighted by atomic mass is 16.5. The molecule has 1 aliphatic rings. The maximum Gasteiger partial charge on any atom is 0.408 e. The fourth-order valence-corrected chi connectivity index (χ4v) is 3.04. The van der Waals surface area contributed by atoms with Crippen LogP contribution in [0.5, 0.6) is 5.75 Å². The van der Waals surface area contributed by atoms with Crippen LogP contribution in [0.2, 0.25) is 0 Å². The molecule has 126 valence electrons. The van der Waals surface area contributed by atoms with Crippen molar-refractivity contribution in [2.75, 3.05) is 26.2 Å². The van der Waals surface area contributed by atoms with Crippen LogP contribution < -0.4 is 10.1 Å². The van der Waals surface area contributed by atoms with Gasteiger partial charge in [-0.15, -0.1) is 0 Å². The monoisotopic (exact) mass is 327 g/mol. The number of carboxylic acid groups (broad SMARTS) is 1. The number of amides is 1. The Labute approximate surface area is 141 Å². The summed E-state index contributed by atoms with van der Waals surface area (Å²) < 4.78 is 5.91. The molecular formula is C18H21N3O3. The molecule has 2 N–H and O–H groups in total. The number of benzene rings is 1. The van der Waals surface area contributed by atoms with E-state index in [1.54, 1.807) is 18.5 Å². The number of nitrogens with one attached hydrogen (secondary N) is 1. The summed E-state index contributed by atoms with van der Waals surface area (Å²) in [6.45, 7) is 3.78. The lowest BCUT2D eigenvalue weighted by Gasteiger charge is -2.45. The molecule has 1 fully saturated rings. The Morgan fingerprint density at radius 2 is 2.17 bits per heavy atom. The molecule has 1 aromatic carbocycles. The number of nitrogens with zero attached hydrogens (tertiary/aromatic N) is 2. The lowest BCUT2D eigenvalue weighted by molar-refractivity contribution is 0.0218. The Morgan fingerprint density at radius 1 is 1.38 bits per heavy atom. The number of rotatable bonds is 4. The first kappa shape index (κ1) is 16.3. The van der Waals surface area contributed by atoms with Crippen molar-refractivity contribution in [3.63, 3.8) is 0 Å². The minimum absolute atomic E-state index is 0.223. The summed E-state index contributed by atoms with van der Waals surface area (Å²) in [6.07, 6.45) is 2.37. The van der Waals surface area contributed by atoms with Crippen LogP contribution in [0.1, 0.15) is 11.1 Å². The van der Waals surface area contributed by atoms with Gasteiger partial charge in [-0.2, -0.15) is 0 Å². The van der Waals surface area contributed by atoms with Gasteiger partial charge in [0.1, 0.15) is 17.9 Å². The molecule has 1 amide bonds. The Kier molecular flexibility index (Phi) is 4.66. The quantitative estimate of drug-likeness (QED) is 0.901. The standard InChI is InChI=1S/C18H21N3O3/c1-14-4-6-15(7-5-14)18(12-20-9-10-21(18)17(22)23)13-24-16-3-2-8-19-11-16/h2-8,11,20H,9-10,12-13H2,1H3,(H,22,23).